The van der Waals surface area contributed by atoms with E-state index in [0.717, 1.165) is 5.56 Å². The molecule has 1 unspecified atom stereocenters. The lowest BCUT2D eigenvalue weighted by Gasteiger charge is -2.28. The van der Waals surface area contributed by atoms with Crippen LogP contribution >= 0.6 is 0 Å². The van der Waals surface area contributed by atoms with Crippen LogP contribution in [0.15, 0.2) is 85.2 Å². The summed E-state index contributed by atoms with van der Waals surface area (Å²) >= 11 is 0. The number of carbonyl (C=O) groups excluding carboxylic acids is 2. The number of likely N-dealkylation sites (tertiary alicyclic amines) is 1. The van der Waals surface area contributed by atoms with Crippen LogP contribution in [0.4, 0.5) is 0 Å². The van der Waals surface area contributed by atoms with E-state index in [9.17, 15) is 14.7 Å². The highest BCUT2D eigenvalue weighted by molar-refractivity contribution is 6.46. The van der Waals surface area contributed by atoms with Crippen molar-refractivity contribution in [2.75, 3.05) is 20.8 Å². The van der Waals surface area contributed by atoms with E-state index in [0.29, 0.717) is 29.4 Å². The zero-order valence-electron chi connectivity index (χ0n) is 20.0. The van der Waals surface area contributed by atoms with Crippen molar-refractivity contribution in [3.8, 4) is 17.2 Å². The van der Waals surface area contributed by atoms with Crippen molar-refractivity contribution in [3.63, 3.8) is 0 Å². The lowest BCUT2D eigenvalue weighted by molar-refractivity contribution is -0.378. The Labute approximate surface area is 209 Å². The molecule has 0 bridgehead atoms. The van der Waals surface area contributed by atoms with Gasteiger partial charge in [-0.2, -0.15) is 0 Å². The summed E-state index contributed by atoms with van der Waals surface area (Å²) < 4.78 is 16.4. The first-order chi connectivity index (χ1) is 17.5. The average Bonchev–Trinajstić information content (AvgIpc) is 3.16. The number of methoxy groups -OCH3 is 2. The van der Waals surface area contributed by atoms with E-state index in [-0.39, 0.29) is 17.7 Å². The van der Waals surface area contributed by atoms with Gasteiger partial charge in [-0.1, -0.05) is 30.5 Å². The number of hydrogen-bond acceptors (Lipinski definition) is 6. The van der Waals surface area contributed by atoms with E-state index in [1.54, 1.807) is 67.0 Å². The van der Waals surface area contributed by atoms with Gasteiger partial charge in [-0.3, -0.25) is 9.59 Å². The number of aromatic amines is 1. The van der Waals surface area contributed by atoms with E-state index in [1.807, 2.05) is 6.07 Å². The maximum absolute atomic E-state index is 13.7. The van der Waals surface area contributed by atoms with Crippen LogP contribution in [0.3, 0.4) is 0 Å². The maximum Gasteiger partial charge on any atom is 0.295 e. The Bertz CT molecular complexity index is 1300. The molecule has 3 aromatic rings. The SMILES string of the molecule is C=CCOc1ccc(C([O-])=C2C(=O)C(=O)N(Cc3ccc[nH+]c3)C2c2ccc(OC)cc2OC)cc1. The number of rotatable bonds is 9. The highest BCUT2D eigenvalue weighted by Crippen LogP contribution is 2.43. The van der Waals surface area contributed by atoms with Gasteiger partial charge in [0.05, 0.1) is 26.8 Å². The van der Waals surface area contributed by atoms with Crippen molar-refractivity contribution < 1.29 is 33.9 Å². The molecular formula is C28H26N2O6. The summed E-state index contributed by atoms with van der Waals surface area (Å²) in [6.07, 6.45) is 5.10. The minimum absolute atomic E-state index is 0.118. The van der Waals surface area contributed by atoms with Gasteiger partial charge in [-0.15, -0.1) is 0 Å². The van der Waals surface area contributed by atoms with Gasteiger partial charge in [0.25, 0.3) is 5.91 Å². The first-order valence-electron chi connectivity index (χ1n) is 11.3. The molecule has 0 aliphatic carbocycles. The Hall–Kier alpha value is -4.59. The summed E-state index contributed by atoms with van der Waals surface area (Å²) in [5, 5.41) is 13.7. The Morgan fingerprint density at radius 1 is 1.08 bits per heavy atom. The number of benzene rings is 2. The fourth-order valence-electron chi connectivity index (χ4n) is 4.14. The van der Waals surface area contributed by atoms with Crippen molar-refractivity contribution in [1.29, 1.82) is 0 Å². The molecule has 2 aromatic carbocycles. The largest absolute Gasteiger partial charge is 0.872 e. The summed E-state index contributed by atoms with van der Waals surface area (Å²) in [7, 11) is 3.01. The van der Waals surface area contributed by atoms with Gasteiger partial charge >= 0.3 is 0 Å². The predicted octanol–water partition coefficient (Wildman–Crippen LogP) is 2.51. The molecule has 1 saturated heterocycles. The third-order valence-corrected chi connectivity index (χ3v) is 5.87. The van der Waals surface area contributed by atoms with Crippen molar-refractivity contribution in [3.05, 3.63) is 102 Å². The highest BCUT2D eigenvalue weighted by Gasteiger charge is 2.45. The minimum Gasteiger partial charge on any atom is -0.872 e. The molecule has 1 fully saturated rings. The number of ketones is 1. The van der Waals surface area contributed by atoms with E-state index in [1.165, 1.54) is 19.1 Å². The summed E-state index contributed by atoms with van der Waals surface area (Å²) in [5.74, 6) is -0.636. The van der Waals surface area contributed by atoms with Gasteiger partial charge < -0.3 is 24.2 Å². The van der Waals surface area contributed by atoms with Gasteiger partial charge in [0, 0.05) is 28.8 Å². The Kier molecular flexibility index (Phi) is 7.34. The second-order valence-corrected chi connectivity index (χ2v) is 8.05. The zero-order chi connectivity index (χ0) is 25.7. The van der Waals surface area contributed by atoms with Crippen molar-refractivity contribution in [2.45, 2.75) is 12.6 Å². The Morgan fingerprint density at radius 3 is 2.47 bits per heavy atom. The van der Waals surface area contributed by atoms with E-state index in [4.69, 9.17) is 14.2 Å². The van der Waals surface area contributed by atoms with Crippen molar-refractivity contribution >= 4 is 17.4 Å². The van der Waals surface area contributed by atoms with Gasteiger partial charge in [-0.05, 0) is 35.9 Å². The summed E-state index contributed by atoms with van der Waals surface area (Å²) in [5.41, 5.74) is 1.41. The second-order valence-electron chi connectivity index (χ2n) is 8.05. The monoisotopic (exact) mass is 486 g/mol. The summed E-state index contributed by atoms with van der Waals surface area (Å²) in [6, 6.07) is 14.2. The number of nitrogens with zero attached hydrogens (tertiary/aromatic N) is 1. The van der Waals surface area contributed by atoms with Crippen molar-refractivity contribution in [2.24, 2.45) is 0 Å². The van der Waals surface area contributed by atoms with Crippen LogP contribution in [0.1, 0.15) is 22.7 Å². The molecule has 184 valence electrons. The topological polar surface area (TPSA) is 102 Å². The quantitative estimate of drug-likeness (QED) is 0.199. The van der Waals surface area contributed by atoms with Crippen LogP contribution in [-0.4, -0.2) is 37.4 Å². The molecule has 1 amide bonds. The molecule has 1 N–H and O–H groups in total. The molecule has 0 saturated carbocycles. The van der Waals surface area contributed by atoms with Gasteiger partial charge in [0.15, 0.2) is 12.4 Å². The number of H-pyrrole nitrogens is 1. The smallest absolute Gasteiger partial charge is 0.295 e. The van der Waals surface area contributed by atoms with Crippen LogP contribution < -0.4 is 24.3 Å². The van der Waals surface area contributed by atoms with Crippen molar-refractivity contribution in [1.82, 2.24) is 4.90 Å². The van der Waals surface area contributed by atoms with Crippen LogP contribution in [0.2, 0.25) is 0 Å². The van der Waals surface area contributed by atoms with Crippen LogP contribution in [0, 0.1) is 0 Å². The third-order valence-electron chi connectivity index (χ3n) is 5.87. The number of hydrogen-bond donors (Lipinski definition) is 0. The van der Waals surface area contributed by atoms with Crippen LogP contribution in [-0.2, 0) is 16.1 Å². The van der Waals surface area contributed by atoms with Gasteiger partial charge in [0.2, 0.25) is 5.78 Å². The van der Waals surface area contributed by atoms with Crippen LogP contribution in [0.25, 0.3) is 5.76 Å². The van der Waals surface area contributed by atoms with E-state index < -0.39 is 23.5 Å². The number of nitrogens with one attached hydrogen (secondary N) is 1. The number of Topliss-reactive ketones (excluding diaryl/α,β-unsaturated/α-hetero) is 1. The normalized spacial score (nSPS) is 16.6. The van der Waals surface area contributed by atoms with Gasteiger partial charge in [0.1, 0.15) is 23.9 Å². The highest BCUT2D eigenvalue weighted by atomic mass is 16.5. The zero-order valence-corrected chi connectivity index (χ0v) is 20.0. The fraction of sp³-hybridized carbons (Fsp3) is 0.179. The second kappa shape index (κ2) is 10.8. The van der Waals surface area contributed by atoms with E-state index in [2.05, 4.69) is 11.6 Å². The maximum atomic E-state index is 13.7. The molecule has 0 radical (unpaired) electrons. The molecule has 1 atom stereocenters. The lowest BCUT2D eigenvalue weighted by Crippen LogP contribution is -2.29. The van der Waals surface area contributed by atoms with Gasteiger partial charge in [-0.25, -0.2) is 4.98 Å². The number of aromatic nitrogens is 1. The number of pyridine rings is 1. The Balaban J connectivity index is 1.85. The Morgan fingerprint density at radius 2 is 1.83 bits per heavy atom. The molecule has 1 aromatic heterocycles. The summed E-state index contributed by atoms with van der Waals surface area (Å²) in [6.45, 7) is 4.05. The molecule has 8 heteroatoms. The first kappa shape index (κ1) is 24.5. The molecule has 2 heterocycles. The predicted molar refractivity (Wildman–Crippen MR) is 130 cm³/mol. The lowest BCUT2D eigenvalue weighted by atomic mass is 9.94. The van der Waals surface area contributed by atoms with Crippen LogP contribution in [0.5, 0.6) is 17.2 Å². The number of amides is 1. The third kappa shape index (κ3) is 4.79. The first-order valence-corrected chi connectivity index (χ1v) is 11.3. The minimum atomic E-state index is -0.949. The molecule has 1 aliphatic rings. The molecule has 0 spiro atoms. The fourth-order valence-corrected chi connectivity index (χ4v) is 4.14. The number of ether oxygens (including phenoxy) is 3. The summed E-state index contributed by atoms with van der Waals surface area (Å²) in [4.78, 5) is 30.9. The molecule has 8 nitrogen and oxygen atoms in total. The average molecular weight is 487 g/mol. The molecular weight excluding hydrogens is 460 g/mol. The van der Waals surface area contributed by atoms with E-state index >= 15 is 0 Å². The standard InChI is InChI=1S/C28H26N2O6/c1-4-14-36-20-9-7-19(8-10-20)26(31)24-25(22-12-11-21(34-2)15-23(22)35-3)30(28(33)27(24)32)17-18-6-5-13-29-16-18/h4-13,15-16,25,31H,1,14,17H2,2-3H3. The molecule has 1 aliphatic heterocycles. The molecule has 4 rings (SSSR count). The molecule has 36 heavy (non-hydrogen) atoms. The number of carbonyl (C=O) groups is 2.